The Morgan fingerprint density at radius 1 is 1.47 bits per heavy atom. The fourth-order valence-electron chi connectivity index (χ4n) is 2.56. The van der Waals surface area contributed by atoms with Crippen molar-refractivity contribution >= 4 is 17.2 Å². The van der Waals surface area contributed by atoms with Gasteiger partial charge >= 0.3 is 0 Å². The summed E-state index contributed by atoms with van der Waals surface area (Å²) >= 11 is 1.74. The molecule has 2 heterocycles. The van der Waals surface area contributed by atoms with Crippen molar-refractivity contribution in [2.24, 2.45) is 0 Å². The molecule has 0 saturated carbocycles. The molecule has 0 aliphatic carbocycles. The van der Waals surface area contributed by atoms with Gasteiger partial charge in [0.2, 0.25) is 0 Å². The number of ether oxygens (including phenoxy) is 1. The maximum absolute atomic E-state index is 12.6. The third kappa shape index (κ3) is 3.16. The predicted octanol–water partition coefficient (Wildman–Crippen LogP) is 1.78. The maximum Gasteiger partial charge on any atom is 0.254 e. The van der Waals surface area contributed by atoms with Crippen LogP contribution in [0.25, 0.3) is 0 Å². The van der Waals surface area contributed by atoms with Gasteiger partial charge in [0.25, 0.3) is 5.91 Å². The summed E-state index contributed by atoms with van der Waals surface area (Å²) in [4.78, 5) is 16.9. The van der Waals surface area contributed by atoms with Crippen LogP contribution in [0.5, 0.6) is 0 Å². The molecule has 0 radical (unpaired) electrons. The van der Waals surface area contributed by atoms with Crippen molar-refractivity contribution in [1.29, 1.82) is 0 Å². The molecule has 1 aromatic heterocycles. The van der Waals surface area contributed by atoms with Crippen LogP contribution in [0.1, 0.15) is 22.6 Å². The van der Waals surface area contributed by atoms with Gasteiger partial charge in [-0.05, 0) is 45.0 Å². The number of rotatable bonds is 4. The molecular formula is C14H22N2O2S. The number of carbonyl (C=O) groups excluding carboxylic acids is 1. The fraction of sp³-hybridized carbons (Fsp3) is 0.643. The van der Waals surface area contributed by atoms with Crippen molar-refractivity contribution in [3.05, 3.63) is 21.9 Å². The molecule has 1 amide bonds. The van der Waals surface area contributed by atoms with Crippen LogP contribution in [0.15, 0.2) is 12.1 Å². The molecular weight excluding hydrogens is 260 g/mol. The van der Waals surface area contributed by atoms with Gasteiger partial charge in [-0.1, -0.05) is 0 Å². The molecule has 1 fully saturated rings. The largest absolute Gasteiger partial charge is 0.368 e. The summed E-state index contributed by atoms with van der Waals surface area (Å²) < 4.78 is 5.58. The van der Waals surface area contributed by atoms with Crippen LogP contribution in [0.2, 0.25) is 0 Å². The number of likely N-dealkylation sites (N-methyl/N-ethyl adjacent to an activating group) is 1. The number of carbonyl (C=O) groups is 1. The predicted molar refractivity (Wildman–Crippen MR) is 77.4 cm³/mol. The summed E-state index contributed by atoms with van der Waals surface area (Å²) in [6.07, 6.45) is 1.49. The lowest BCUT2D eigenvalue weighted by Crippen LogP contribution is -2.54. The third-order valence-electron chi connectivity index (χ3n) is 3.73. The van der Waals surface area contributed by atoms with Gasteiger partial charge in [0.05, 0.1) is 6.54 Å². The molecule has 1 saturated heterocycles. The number of hydrogen-bond acceptors (Lipinski definition) is 4. The fourth-order valence-corrected chi connectivity index (χ4v) is 3.50. The number of amides is 1. The minimum atomic E-state index is -0.633. The van der Waals surface area contributed by atoms with Crippen molar-refractivity contribution in [2.75, 3.05) is 27.2 Å². The van der Waals surface area contributed by atoms with E-state index < -0.39 is 5.60 Å². The average Bonchev–Trinajstić information content (AvgIpc) is 2.84. The van der Waals surface area contributed by atoms with Gasteiger partial charge in [0.15, 0.2) is 0 Å². The number of piperidine rings is 1. The number of nitrogens with zero attached hydrogens (tertiary/aromatic N) is 1. The maximum atomic E-state index is 12.6. The van der Waals surface area contributed by atoms with E-state index in [4.69, 9.17) is 4.74 Å². The van der Waals surface area contributed by atoms with Crippen LogP contribution in [-0.4, -0.2) is 43.7 Å². The van der Waals surface area contributed by atoms with Crippen LogP contribution >= 0.6 is 11.3 Å². The van der Waals surface area contributed by atoms with Crippen molar-refractivity contribution < 1.29 is 9.53 Å². The molecule has 0 bridgehead atoms. The zero-order chi connectivity index (χ0) is 13.9. The van der Waals surface area contributed by atoms with Crippen molar-refractivity contribution in [3.8, 4) is 0 Å². The molecule has 106 valence electrons. The first-order valence-electron chi connectivity index (χ1n) is 6.64. The summed E-state index contributed by atoms with van der Waals surface area (Å²) in [5.41, 5.74) is -0.633. The minimum Gasteiger partial charge on any atom is -0.368 e. The molecule has 0 spiro atoms. The second kappa shape index (κ2) is 6.03. The highest BCUT2D eigenvalue weighted by atomic mass is 32.1. The smallest absolute Gasteiger partial charge is 0.254 e. The zero-order valence-electron chi connectivity index (χ0n) is 11.9. The van der Waals surface area contributed by atoms with Crippen molar-refractivity contribution in [3.63, 3.8) is 0 Å². The molecule has 0 unspecified atom stereocenters. The highest BCUT2D eigenvalue weighted by molar-refractivity contribution is 7.11. The van der Waals surface area contributed by atoms with Gasteiger partial charge in [-0.25, -0.2) is 0 Å². The second-order valence-corrected chi connectivity index (χ2v) is 6.49. The van der Waals surface area contributed by atoms with Crippen molar-refractivity contribution in [2.45, 2.75) is 31.9 Å². The van der Waals surface area contributed by atoms with Gasteiger partial charge in [-0.15, -0.1) is 11.3 Å². The van der Waals surface area contributed by atoms with E-state index in [1.807, 2.05) is 7.05 Å². The van der Waals surface area contributed by atoms with E-state index in [0.717, 1.165) is 25.9 Å². The quantitative estimate of drug-likeness (QED) is 0.915. The number of hydrogen-bond donors (Lipinski definition) is 1. The monoisotopic (exact) mass is 282 g/mol. The number of thiophene rings is 1. The van der Waals surface area contributed by atoms with E-state index in [2.05, 4.69) is 24.4 Å². The Kier molecular flexibility index (Phi) is 4.60. The summed E-state index contributed by atoms with van der Waals surface area (Å²) in [6, 6.07) is 4.18. The Labute approximate surface area is 118 Å². The number of aryl methyl sites for hydroxylation is 1. The number of nitrogens with one attached hydrogen (secondary N) is 1. The Bertz CT molecular complexity index is 438. The summed E-state index contributed by atoms with van der Waals surface area (Å²) in [5.74, 6) is 0.0996. The Balaban J connectivity index is 2.04. The molecule has 1 aliphatic heterocycles. The molecule has 0 atom stereocenters. The van der Waals surface area contributed by atoms with Crippen LogP contribution < -0.4 is 5.32 Å². The second-order valence-electron chi connectivity index (χ2n) is 5.12. The lowest BCUT2D eigenvalue weighted by Gasteiger charge is -2.37. The Hall–Kier alpha value is -0.910. The SMILES string of the molecule is COC1(C(=O)N(C)Cc2ccc(C)s2)CCNCC1. The van der Waals surface area contributed by atoms with Gasteiger partial charge in [-0.3, -0.25) is 4.79 Å². The normalized spacial score (nSPS) is 18.3. The first-order chi connectivity index (χ1) is 9.07. The molecule has 4 nitrogen and oxygen atoms in total. The molecule has 0 aromatic carbocycles. The van der Waals surface area contributed by atoms with Gasteiger partial charge in [0.1, 0.15) is 5.60 Å². The Morgan fingerprint density at radius 2 is 2.16 bits per heavy atom. The molecule has 1 aromatic rings. The van der Waals surface area contributed by atoms with E-state index in [1.165, 1.54) is 9.75 Å². The van der Waals surface area contributed by atoms with E-state index >= 15 is 0 Å². The molecule has 1 aliphatic rings. The topological polar surface area (TPSA) is 41.6 Å². The first kappa shape index (κ1) is 14.5. The molecule has 19 heavy (non-hydrogen) atoms. The molecule has 2 rings (SSSR count). The van der Waals surface area contributed by atoms with E-state index in [9.17, 15) is 4.79 Å². The van der Waals surface area contributed by atoms with E-state index in [0.29, 0.717) is 6.54 Å². The number of methoxy groups -OCH3 is 1. The average molecular weight is 282 g/mol. The highest BCUT2D eigenvalue weighted by Gasteiger charge is 2.41. The lowest BCUT2D eigenvalue weighted by molar-refractivity contribution is -0.157. The highest BCUT2D eigenvalue weighted by Crippen LogP contribution is 2.26. The van der Waals surface area contributed by atoms with Crippen LogP contribution in [-0.2, 0) is 16.1 Å². The van der Waals surface area contributed by atoms with Gasteiger partial charge in [-0.2, -0.15) is 0 Å². The molecule has 1 N–H and O–H groups in total. The van der Waals surface area contributed by atoms with Gasteiger partial charge in [0, 0.05) is 23.9 Å². The van der Waals surface area contributed by atoms with E-state index in [1.54, 1.807) is 23.3 Å². The summed E-state index contributed by atoms with van der Waals surface area (Å²) in [5, 5.41) is 3.27. The zero-order valence-corrected chi connectivity index (χ0v) is 12.7. The van der Waals surface area contributed by atoms with Crippen LogP contribution in [0.3, 0.4) is 0 Å². The Morgan fingerprint density at radius 3 is 2.68 bits per heavy atom. The van der Waals surface area contributed by atoms with Crippen LogP contribution in [0.4, 0.5) is 0 Å². The minimum absolute atomic E-state index is 0.0996. The summed E-state index contributed by atoms with van der Waals surface area (Å²) in [6.45, 7) is 4.42. The summed E-state index contributed by atoms with van der Waals surface area (Å²) in [7, 11) is 3.51. The third-order valence-corrected chi connectivity index (χ3v) is 4.71. The standard InChI is InChI=1S/C14H22N2O2S/c1-11-4-5-12(19-11)10-16(2)13(17)14(18-3)6-8-15-9-7-14/h4-5,15H,6-10H2,1-3H3. The molecule has 5 heteroatoms. The lowest BCUT2D eigenvalue weighted by atomic mass is 9.90. The van der Waals surface area contributed by atoms with E-state index in [-0.39, 0.29) is 5.91 Å². The first-order valence-corrected chi connectivity index (χ1v) is 7.46. The van der Waals surface area contributed by atoms with Gasteiger partial charge < -0.3 is 15.0 Å². The van der Waals surface area contributed by atoms with Crippen LogP contribution in [0, 0.1) is 6.92 Å². The van der Waals surface area contributed by atoms with Crippen molar-refractivity contribution in [1.82, 2.24) is 10.2 Å².